The number of hydrogen-bond acceptors (Lipinski definition) is 5. The van der Waals surface area contributed by atoms with Gasteiger partial charge in [0.1, 0.15) is 17.6 Å². The summed E-state index contributed by atoms with van der Waals surface area (Å²) < 4.78 is 37.0. The van der Waals surface area contributed by atoms with Crippen molar-refractivity contribution >= 4 is 27.3 Å². The van der Waals surface area contributed by atoms with Gasteiger partial charge in [0.15, 0.2) is 0 Å². The van der Waals surface area contributed by atoms with E-state index < -0.39 is 10.0 Å². The van der Waals surface area contributed by atoms with E-state index in [-0.39, 0.29) is 12.0 Å². The highest BCUT2D eigenvalue weighted by Crippen LogP contribution is 2.38. The minimum Gasteiger partial charge on any atom is -0.492 e. The minimum atomic E-state index is -3.34. The van der Waals surface area contributed by atoms with Crippen LogP contribution in [0.1, 0.15) is 41.8 Å². The fourth-order valence-electron chi connectivity index (χ4n) is 4.05. The maximum absolute atomic E-state index is 13.0. The molecule has 0 aromatic heterocycles. The van der Waals surface area contributed by atoms with E-state index in [1.165, 1.54) is 10.6 Å². The first-order chi connectivity index (χ1) is 14.3. The minimum absolute atomic E-state index is 0.0962. The quantitative estimate of drug-likeness (QED) is 0.786. The predicted octanol–water partition coefficient (Wildman–Crippen LogP) is 3.37. The zero-order valence-electron chi connectivity index (χ0n) is 17.4. The number of sulfonamides is 1. The van der Waals surface area contributed by atoms with Crippen LogP contribution < -0.4 is 19.1 Å². The van der Waals surface area contributed by atoms with Crippen LogP contribution in [0.15, 0.2) is 30.3 Å². The molecular weight excluding hydrogens is 404 g/mol. The van der Waals surface area contributed by atoms with Crippen molar-refractivity contribution in [3.8, 4) is 11.5 Å². The molecule has 2 aromatic carbocycles. The summed E-state index contributed by atoms with van der Waals surface area (Å²) in [4.78, 5) is 13.0. The van der Waals surface area contributed by atoms with E-state index in [0.717, 1.165) is 36.1 Å². The number of anilines is 2. The van der Waals surface area contributed by atoms with E-state index in [1.807, 2.05) is 26.0 Å². The highest BCUT2D eigenvalue weighted by atomic mass is 32.2. The molecule has 160 valence electrons. The van der Waals surface area contributed by atoms with Gasteiger partial charge in [-0.2, -0.15) is 0 Å². The van der Waals surface area contributed by atoms with Crippen LogP contribution in [0, 0.1) is 0 Å². The number of hydrogen-bond donors (Lipinski definition) is 1. The number of rotatable bonds is 5. The molecule has 2 aliphatic rings. The number of benzene rings is 2. The second-order valence-electron chi connectivity index (χ2n) is 7.76. The molecule has 1 unspecified atom stereocenters. The molecule has 30 heavy (non-hydrogen) atoms. The lowest BCUT2D eigenvalue weighted by atomic mass is 10.0. The van der Waals surface area contributed by atoms with Crippen molar-refractivity contribution in [1.82, 2.24) is 0 Å². The molecule has 0 saturated heterocycles. The Kier molecular flexibility index (Phi) is 5.36. The van der Waals surface area contributed by atoms with E-state index in [0.29, 0.717) is 35.8 Å². The zero-order valence-corrected chi connectivity index (χ0v) is 18.2. The van der Waals surface area contributed by atoms with E-state index in [4.69, 9.17) is 9.47 Å². The molecule has 2 aromatic rings. The van der Waals surface area contributed by atoms with Crippen LogP contribution in [0.25, 0.3) is 0 Å². The first-order valence-corrected chi connectivity index (χ1v) is 12.0. The molecule has 0 fully saturated rings. The Labute approximate surface area is 177 Å². The van der Waals surface area contributed by atoms with E-state index in [1.54, 1.807) is 18.2 Å². The van der Waals surface area contributed by atoms with Crippen LogP contribution in [0.3, 0.4) is 0 Å². The van der Waals surface area contributed by atoms with Crippen LogP contribution in [0.5, 0.6) is 11.5 Å². The van der Waals surface area contributed by atoms with Crippen molar-refractivity contribution in [3.63, 3.8) is 0 Å². The van der Waals surface area contributed by atoms with E-state index in [9.17, 15) is 13.2 Å². The number of fused-ring (bicyclic) bond motifs is 2. The molecule has 1 atom stereocenters. The third-order valence-electron chi connectivity index (χ3n) is 5.36. The summed E-state index contributed by atoms with van der Waals surface area (Å²) in [7, 11) is -3.34. The van der Waals surface area contributed by atoms with Gasteiger partial charge in [-0.1, -0.05) is 0 Å². The standard InChI is InChI=1S/C22H26N2O5S/c1-4-28-21-12-17-10-14(2)29-20(17)13-18(21)23-22(25)16-7-8-19-15(11-16)6-5-9-24(19)30(3,26)27/h7-8,11-14H,4-6,9-10H2,1-3H3,(H,23,25). The fourth-order valence-corrected chi connectivity index (χ4v) is 5.05. The summed E-state index contributed by atoms with van der Waals surface area (Å²) in [6.45, 7) is 4.85. The molecule has 0 aliphatic carbocycles. The maximum atomic E-state index is 13.0. The highest BCUT2D eigenvalue weighted by Gasteiger charge is 2.26. The largest absolute Gasteiger partial charge is 0.492 e. The number of carbonyl (C=O) groups is 1. The third kappa shape index (κ3) is 3.96. The summed E-state index contributed by atoms with van der Waals surface area (Å²) in [5.74, 6) is 1.10. The Bertz CT molecular complexity index is 1100. The van der Waals surface area contributed by atoms with Gasteiger partial charge in [0.05, 0.1) is 24.2 Å². The fraction of sp³-hybridized carbons (Fsp3) is 0.409. The van der Waals surface area contributed by atoms with Crippen LogP contribution in [-0.4, -0.2) is 39.8 Å². The first-order valence-electron chi connectivity index (χ1n) is 10.1. The van der Waals surface area contributed by atoms with Gasteiger partial charge in [0.25, 0.3) is 5.91 Å². The number of nitrogens with zero attached hydrogens (tertiary/aromatic N) is 1. The van der Waals surface area contributed by atoms with Gasteiger partial charge in [-0.15, -0.1) is 0 Å². The smallest absolute Gasteiger partial charge is 0.255 e. The average Bonchev–Trinajstić information content (AvgIpc) is 3.05. The monoisotopic (exact) mass is 430 g/mol. The Morgan fingerprint density at radius 2 is 2.07 bits per heavy atom. The lowest BCUT2D eigenvalue weighted by Gasteiger charge is -2.29. The molecule has 0 spiro atoms. The number of aryl methyl sites for hydroxylation is 1. The summed E-state index contributed by atoms with van der Waals surface area (Å²) in [6.07, 6.45) is 3.57. The Morgan fingerprint density at radius 1 is 1.27 bits per heavy atom. The normalized spacial score (nSPS) is 17.7. The molecule has 0 saturated carbocycles. The number of nitrogens with one attached hydrogen (secondary N) is 1. The average molecular weight is 431 g/mol. The van der Waals surface area contributed by atoms with Crippen LogP contribution in [0.2, 0.25) is 0 Å². The Balaban J connectivity index is 1.61. The van der Waals surface area contributed by atoms with Gasteiger partial charge in [0.2, 0.25) is 10.0 Å². The molecule has 1 N–H and O–H groups in total. The molecule has 0 radical (unpaired) electrons. The lowest BCUT2D eigenvalue weighted by molar-refractivity contribution is 0.102. The lowest BCUT2D eigenvalue weighted by Crippen LogP contribution is -2.34. The molecule has 2 heterocycles. The molecule has 1 amide bonds. The second-order valence-corrected chi connectivity index (χ2v) is 9.66. The molecule has 2 aliphatic heterocycles. The van der Waals surface area contributed by atoms with E-state index >= 15 is 0 Å². The topological polar surface area (TPSA) is 84.9 Å². The van der Waals surface area contributed by atoms with Crippen molar-refractivity contribution in [2.24, 2.45) is 0 Å². The number of ether oxygens (including phenoxy) is 2. The first kappa shape index (κ1) is 20.5. The van der Waals surface area contributed by atoms with E-state index in [2.05, 4.69) is 5.32 Å². The second kappa shape index (κ2) is 7.83. The molecule has 7 nitrogen and oxygen atoms in total. The predicted molar refractivity (Wildman–Crippen MR) is 116 cm³/mol. The van der Waals surface area contributed by atoms with Crippen molar-refractivity contribution in [2.45, 2.75) is 39.2 Å². The summed E-state index contributed by atoms with van der Waals surface area (Å²) in [6, 6.07) is 8.87. The highest BCUT2D eigenvalue weighted by molar-refractivity contribution is 7.92. The van der Waals surface area contributed by atoms with Gasteiger partial charge in [-0.25, -0.2) is 8.42 Å². The van der Waals surface area contributed by atoms with Crippen molar-refractivity contribution < 1.29 is 22.7 Å². The molecule has 0 bridgehead atoms. The molecule has 4 rings (SSSR count). The maximum Gasteiger partial charge on any atom is 0.255 e. The van der Waals surface area contributed by atoms with Gasteiger partial charge in [-0.3, -0.25) is 9.10 Å². The van der Waals surface area contributed by atoms with Crippen LogP contribution in [0.4, 0.5) is 11.4 Å². The van der Waals surface area contributed by atoms with Gasteiger partial charge in [0, 0.05) is 30.2 Å². The Morgan fingerprint density at radius 3 is 2.80 bits per heavy atom. The molecule has 8 heteroatoms. The summed E-state index contributed by atoms with van der Waals surface area (Å²) in [5, 5.41) is 2.93. The molecular formula is C22H26N2O5S. The van der Waals surface area contributed by atoms with Crippen molar-refractivity contribution in [2.75, 3.05) is 29.0 Å². The summed E-state index contributed by atoms with van der Waals surface area (Å²) in [5.41, 5.74) is 3.61. The zero-order chi connectivity index (χ0) is 21.5. The van der Waals surface area contributed by atoms with Gasteiger partial charge in [-0.05, 0) is 56.5 Å². The third-order valence-corrected chi connectivity index (χ3v) is 6.54. The number of amides is 1. The summed E-state index contributed by atoms with van der Waals surface area (Å²) >= 11 is 0. The van der Waals surface area contributed by atoms with Gasteiger partial charge < -0.3 is 14.8 Å². The van der Waals surface area contributed by atoms with Gasteiger partial charge >= 0.3 is 0 Å². The van der Waals surface area contributed by atoms with Crippen LogP contribution in [-0.2, 0) is 22.9 Å². The van der Waals surface area contributed by atoms with Crippen molar-refractivity contribution in [1.29, 1.82) is 0 Å². The number of carbonyl (C=O) groups excluding carboxylic acids is 1. The van der Waals surface area contributed by atoms with Crippen LogP contribution >= 0.6 is 0 Å². The SMILES string of the molecule is CCOc1cc2c(cc1NC(=O)c1ccc3c(c1)CCCN3S(C)(=O)=O)OC(C)C2. The Hall–Kier alpha value is -2.74. The van der Waals surface area contributed by atoms with Crippen molar-refractivity contribution in [3.05, 3.63) is 47.0 Å².